The van der Waals surface area contributed by atoms with E-state index in [9.17, 15) is 14.7 Å². The third-order valence-corrected chi connectivity index (χ3v) is 3.12. The lowest BCUT2D eigenvalue weighted by Crippen LogP contribution is -2.14. The van der Waals surface area contributed by atoms with Crippen molar-refractivity contribution in [3.05, 3.63) is 64.2 Å². The van der Waals surface area contributed by atoms with Crippen LogP contribution in [0.4, 0.5) is 0 Å². The first-order valence-electron chi connectivity index (χ1n) is 6.23. The second-order valence-corrected chi connectivity index (χ2v) is 4.96. The van der Waals surface area contributed by atoms with Crippen LogP contribution in [-0.2, 0) is 4.74 Å². The van der Waals surface area contributed by atoms with Gasteiger partial charge in [0.25, 0.3) is 0 Å². The largest absolute Gasteiger partial charge is 0.507 e. The number of benzene rings is 2. The summed E-state index contributed by atoms with van der Waals surface area (Å²) in [4.78, 5) is 23.7. The van der Waals surface area contributed by atoms with Gasteiger partial charge in [0.15, 0.2) is 12.4 Å². The number of halogens is 1. The number of aromatic hydroxyl groups is 1. The Bertz CT molecular complexity index is 677. The second kappa shape index (κ2) is 6.41. The first-order chi connectivity index (χ1) is 9.97. The fraction of sp³-hybridized carbons (Fsp3) is 0.125. The molecule has 0 saturated carbocycles. The lowest BCUT2D eigenvalue weighted by Gasteiger charge is -2.07. The molecule has 0 radical (unpaired) electrons. The van der Waals surface area contributed by atoms with Crippen molar-refractivity contribution in [1.29, 1.82) is 0 Å². The van der Waals surface area contributed by atoms with E-state index in [1.165, 1.54) is 12.1 Å². The number of esters is 1. The van der Waals surface area contributed by atoms with Crippen LogP contribution in [0.1, 0.15) is 26.3 Å². The predicted octanol–water partition coefficient (Wildman–Crippen LogP) is 3.39. The SMILES string of the molecule is Cc1ccc(O)c(C(=O)OCC(=O)c2ccc(Cl)cc2)c1. The number of carbonyl (C=O) groups is 2. The first kappa shape index (κ1) is 15.1. The fourth-order valence-corrected chi connectivity index (χ4v) is 1.87. The number of ketones is 1. The molecule has 2 aromatic carbocycles. The summed E-state index contributed by atoms with van der Waals surface area (Å²) in [5.74, 6) is -1.25. The Morgan fingerprint density at radius 2 is 1.81 bits per heavy atom. The molecule has 2 aromatic rings. The van der Waals surface area contributed by atoms with Gasteiger partial charge in [0.05, 0.1) is 0 Å². The van der Waals surface area contributed by atoms with Crippen molar-refractivity contribution in [3.63, 3.8) is 0 Å². The fourth-order valence-electron chi connectivity index (χ4n) is 1.74. The Morgan fingerprint density at radius 3 is 2.48 bits per heavy atom. The normalized spacial score (nSPS) is 10.2. The van der Waals surface area contributed by atoms with E-state index >= 15 is 0 Å². The predicted molar refractivity (Wildman–Crippen MR) is 78.9 cm³/mol. The Kier molecular flexibility index (Phi) is 4.60. The molecule has 0 atom stereocenters. The lowest BCUT2D eigenvalue weighted by atomic mass is 10.1. The third kappa shape index (κ3) is 3.83. The third-order valence-electron chi connectivity index (χ3n) is 2.87. The summed E-state index contributed by atoms with van der Waals surface area (Å²) in [7, 11) is 0. The van der Waals surface area contributed by atoms with Gasteiger partial charge in [-0.1, -0.05) is 23.2 Å². The number of phenols is 1. The number of aryl methyl sites for hydroxylation is 1. The van der Waals surface area contributed by atoms with Crippen LogP contribution in [0.2, 0.25) is 5.02 Å². The van der Waals surface area contributed by atoms with E-state index in [4.69, 9.17) is 16.3 Å². The van der Waals surface area contributed by atoms with Crippen LogP contribution < -0.4 is 0 Å². The highest BCUT2D eigenvalue weighted by molar-refractivity contribution is 6.30. The van der Waals surface area contributed by atoms with Crippen LogP contribution in [0, 0.1) is 6.92 Å². The maximum absolute atomic E-state index is 11.9. The summed E-state index contributed by atoms with van der Waals surface area (Å²) in [6, 6.07) is 10.9. The number of rotatable bonds is 4. The molecule has 0 aromatic heterocycles. The maximum atomic E-state index is 11.9. The van der Waals surface area contributed by atoms with Gasteiger partial charge in [-0.05, 0) is 43.3 Å². The minimum absolute atomic E-state index is 0.0407. The summed E-state index contributed by atoms with van der Waals surface area (Å²) in [6.45, 7) is 1.39. The molecule has 0 aliphatic carbocycles. The topological polar surface area (TPSA) is 63.6 Å². The van der Waals surface area contributed by atoms with Gasteiger partial charge in [-0.25, -0.2) is 4.79 Å². The van der Waals surface area contributed by atoms with Gasteiger partial charge in [-0.3, -0.25) is 4.79 Å². The summed E-state index contributed by atoms with van der Waals surface area (Å²) in [5.41, 5.74) is 1.25. The van der Waals surface area contributed by atoms with Gasteiger partial charge < -0.3 is 9.84 Å². The highest BCUT2D eigenvalue weighted by Gasteiger charge is 2.15. The maximum Gasteiger partial charge on any atom is 0.342 e. The summed E-state index contributed by atoms with van der Waals surface area (Å²) in [5, 5.41) is 10.1. The first-order valence-corrected chi connectivity index (χ1v) is 6.60. The van der Waals surface area contributed by atoms with Crippen molar-refractivity contribution in [2.45, 2.75) is 6.92 Å². The van der Waals surface area contributed by atoms with Crippen LogP contribution in [-0.4, -0.2) is 23.5 Å². The molecule has 0 bridgehead atoms. The van der Waals surface area contributed by atoms with Crippen LogP contribution in [0.25, 0.3) is 0 Å². The van der Waals surface area contributed by atoms with Crippen molar-refractivity contribution < 1.29 is 19.4 Å². The highest BCUT2D eigenvalue weighted by Crippen LogP contribution is 2.19. The molecule has 0 fully saturated rings. The molecule has 0 unspecified atom stereocenters. The smallest absolute Gasteiger partial charge is 0.342 e. The molecule has 0 saturated heterocycles. The van der Waals surface area contributed by atoms with Crippen LogP contribution in [0.5, 0.6) is 5.75 Å². The quantitative estimate of drug-likeness (QED) is 0.694. The van der Waals surface area contributed by atoms with E-state index in [0.717, 1.165) is 5.56 Å². The van der Waals surface area contributed by atoms with Gasteiger partial charge in [0, 0.05) is 10.6 Å². The average molecular weight is 305 g/mol. The molecule has 21 heavy (non-hydrogen) atoms. The summed E-state index contributed by atoms with van der Waals surface area (Å²) >= 11 is 5.73. The monoisotopic (exact) mass is 304 g/mol. The highest BCUT2D eigenvalue weighted by atomic mass is 35.5. The number of phenolic OH excluding ortho intramolecular Hbond substituents is 1. The minimum atomic E-state index is -0.737. The van der Waals surface area contributed by atoms with Gasteiger partial charge in [-0.15, -0.1) is 0 Å². The standard InChI is InChI=1S/C16H13ClO4/c1-10-2-7-14(18)13(8-10)16(20)21-9-15(19)11-3-5-12(17)6-4-11/h2-8,18H,9H2,1H3. The molecule has 0 amide bonds. The van der Waals surface area contributed by atoms with Gasteiger partial charge in [0.2, 0.25) is 0 Å². The van der Waals surface area contributed by atoms with E-state index in [0.29, 0.717) is 10.6 Å². The van der Waals surface area contributed by atoms with Crippen molar-refractivity contribution in [1.82, 2.24) is 0 Å². The lowest BCUT2D eigenvalue weighted by molar-refractivity contribution is 0.0471. The summed E-state index contributed by atoms with van der Waals surface area (Å²) < 4.78 is 4.93. The Balaban J connectivity index is 2.02. The Morgan fingerprint density at radius 1 is 1.14 bits per heavy atom. The van der Waals surface area contributed by atoms with Crippen molar-refractivity contribution >= 4 is 23.4 Å². The van der Waals surface area contributed by atoms with Crippen molar-refractivity contribution in [2.75, 3.05) is 6.61 Å². The van der Waals surface area contributed by atoms with E-state index in [1.54, 1.807) is 37.3 Å². The molecular weight excluding hydrogens is 292 g/mol. The molecule has 1 N–H and O–H groups in total. The van der Waals surface area contributed by atoms with Gasteiger partial charge in [0.1, 0.15) is 11.3 Å². The van der Waals surface area contributed by atoms with Crippen molar-refractivity contribution in [3.8, 4) is 5.75 Å². The number of ether oxygens (including phenoxy) is 1. The molecule has 5 heteroatoms. The van der Waals surface area contributed by atoms with Gasteiger partial charge >= 0.3 is 5.97 Å². The van der Waals surface area contributed by atoms with Crippen LogP contribution >= 0.6 is 11.6 Å². The van der Waals surface area contributed by atoms with E-state index < -0.39 is 12.6 Å². The second-order valence-electron chi connectivity index (χ2n) is 4.53. The molecule has 0 aliphatic rings. The zero-order valence-electron chi connectivity index (χ0n) is 11.3. The van der Waals surface area contributed by atoms with Crippen molar-refractivity contribution in [2.24, 2.45) is 0 Å². The van der Waals surface area contributed by atoms with E-state index in [1.807, 2.05) is 0 Å². The average Bonchev–Trinajstić information content (AvgIpc) is 2.47. The molecular formula is C16H13ClO4. The van der Waals surface area contributed by atoms with E-state index in [-0.39, 0.29) is 17.1 Å². The zero-order valence-corrected chi connectivity index (χ0v) is 12.1. The van der Waals surface area contributed by atoms with Crippen LogP contribution in [0.15, 0.2) is 42.5 Å². The number of hydrogen-bond donors (Lipinski definition) is 1. The molecule has 2 rings (SSSR count). The molecule has 108 valence electrons. The van der Waals surface area contributed by atoms with E-state index in [2.05, 4.69) is 0 Å². The van der Waals surface area contributed by atoms with Crippen LogP contribution in [0.3, 0.4) is 0 Å². The summed E-state index contributed by atoms with van der Waals surface area (Å²) in [6.07, 6.45) is 0. The molecule has 0 aliphatic heterocycles. The molecule has 4 nitrogen and oxygen atoms in total. The van der Waals surface area contributed by atoms with Gasteiger partial charge in [-0.2, -0.15) is 0 Å². The Labute approximate surface area is 126 Å². The zero-order chi connectivity index (χ0) is 15.4. The number of hydrogen-bond acceptors (Lipinski definition) is 4. The number of Topliss-reactive ketones (excluding diaryl/α,β-unsaturated/α-hetero) is 1. The minimum Gasteiger partial charge on any atom is -0.507 e. The number of carbonyl (C=O) groups excluding carboxylic acids is 2. The Hall–Kier alpha value is -2.33. The molecule has 0 heterocycles. The molecule has 0 spiro atoms.